The van der Waals surface area contributed by atoms with Crippen LogP contribution in [0.15, 0.2) is 84.4 Å². The van der Waals surface area contributed by atoms with Gasteiger partial charge in [-0.2, -0.15) is 0 Å². The highest BCUT2D eigenvalue weighted by atomic mass is 16.5. The molecule has 0 aliphatic carbocycles. The molecule has 0 atom stereocenters. The summed E-state index contributed by atoms with van der Waals surface area (Å²) in [6.07, 6.45) is 3.49. The van der Waals surface area contributed by atoms with Crippen molar-refractivity contribution < 1.29 is 23.7 Å². The van der Waals surface area contributed by atoms with Crippen molar-refractivity contribution in [3.8, 4) is 17.2 Å². The Balaban J connectivity index is 1.51. The zero-order chi connectivity index (χ0) is 21.6. The monoisotopic (exact) mass is 414 g/mol. The van der Waals surface area contributed by atoms with Gasteiger partial charge in [-0.25, -0.2) is 4.79 Å². The minimum absolute atomic E-state index is 0.413. The molecule has 1 aliphatic rings. The molecule has 0 radical (unpaired) electrons. The Morgan fingerprint density at radius 3 is 2.32 bits per heavy atom. The molecule has 0 amide bonds. The van der Waals surface area contributed by atoms with Gasteiger partial charge in [0.15, 0.2) is 0 Å². The summed E-state index contributed by atoms with van der Waals surface area (Å²) in [5, 5.41) is 0. The highest BCUT2D eigenvalue weighted by Gasteiger charge is 2.24. The lowest BCUT2D eigenvalue weighted by Crippen LogP contribution is -1.99. The molecule has 156 valence electrons. The van der Waals surface area contributed by atoms with E-state index >= 15 is 0 Å². The van der Waals surface area contributed by atoms with Crippen LogP contribution in [0.1, 0.15) is 16.7 Å². The Hall–Kier alpha value is -3.99. The molecule has 1 heterocycles. The number of carbonyl (C=O) groups is 1. The van der Waals surface area contributed by atoms with Gasteiger partial charge in [-0.1, -0.05) is 42.5 Å². The third-order valence-electron chi connectivity index (χ3n) is 4.85. The van der Waals surface area contributed by atoms with Crippen LogP contribution in [0.2, 0.25) is 0 Å². The highest BCUT2D eigenvalue weighted by Crippen LogP contribution is 2.35. The van der Waals surface area contributed by atoms with Gasteiger partial charge in [0, 0.05) is 0 Å². The number of benzene rings is 3. The van der Waals surface area contributed by atoms with Crippen LogP contribution >= 0.6 is 0 Å². The quantitative estimate of drug-likeness (QED) is 0.390. The Morgan fingerprint density at radius 1 is 0.871 bits per heavy atom. The number of cyclic esters (lactones) is 1. The van der Waals surface area contributed by atoms with Crippen molar-refractivity contribution >= 4 is 17.8 Å². The van der Waals surface area contributed by atoms with Crippen LogP contribution in [0.5, 0.6) is 17.2 Å². The number of esters is 1. The van der Waals surface area contributed by atoms with Crippen LogP contribution < -0.4 is 14.2 Å². The number of carbonyl (C=O) groups excluding carboxylic acids is 1. The summed E-state index contributed by atoms with van der Waals surface area (Å²) in [4.78, 5) is 12.4. The number of hydrogen-bond acceptors (Lipinski definition) is 5. The minimum Gasteiger partial charge on any atom is -0.497 e. The topological polar surface area (TPSA) is 54.0 Å². The molecule has 0 saturated heterocycles. The second-order valence-electron chi connectivity index (χ2n) is 6.91. The Bertz CT molecular complexity index is 1130. The van der Waals surface area contributed by atoms with Crippen LogP contribution in [-0.2, 0) is 16.1 Å². The Morgan fingerprint density at radius 2 is 1.61 bits per heavy atom. The zero-order valence-corrected chi connectivity index (χ0v) is 17.3. The first kappa shape index (κ1) is 20.3. The molecule has 3 aromatic rings. The number of methoxy groups -OCH3 is 2. The molecule has 5 heteroatoms. The molecule has 3 aromatic carbocycles. The van der Waals surface area contributed by atoms with E-state index in [4.69, 9.17) is 18.9 Å². The van der Waals surface area contributed by atoms with Gasteiger partial charge in [-0.15, -0.1) is 0 Å². The summed E-state index contributed by atoms with van der Waals surface area (Å²) in [5.41, 5.74) is 3.09. The van der Waals surface area contributed by atoms with Crippen molar-refractivity contribution in [2.24, 2.45) is 0 Å². The Kier molecular flexibility index (Phi) is 6.03. The molecule has 1 aliphatic heterocycles. The first-order valence-corrected chi connectivity index (χ1v) is 9.81. The van der Waals surface area contributed by atoms with E-state index in [-0.39, 0.29) is 0 Å². The lowest BCUT2D eigenvalue weighted by molar-refractivity contribution is -0.130. The van der Waals surface area contributed by atoms with E-state index in [1.165, 1.54) is 0 Å². The van der Waals surface area contributed by atoms with E-state index < -0.39 is 5.97 Å². The maximum atomic E-state index is 12.4. The molecule has 0 fully saturated rings. The largest absolute Gasteiger partial charge is 0.497 e. The predicted octanol–water partition coefficient (Wildman–Crippen LogP) is 5.26. The van der Waals surface area contributed by atoms with Crippen molar-refractivity contribution in [1.82, 2.24) is 0 Å². The fourth-order valence-corrected chi connectivity index (χ4v) is 3.21. The van der Waals surface area contributed by atoms with Crippen LogP contribution in [0.3, 0.4) is 0 Å². The highest BCUT2D eigenvalue weighted by molar-refractivity contribution is 6.05. The van der Waals surface area contributed by atoms with E-state index in [9.17, 15) is 4.79 Å². The van der Waals surface area contributed by atoms with Crippen molar-refractivity contribution in [3.05, 3.63) is 101 Å². The average Bonchev–Trinajstić information content (AvgIpc) is 3.18. The van der Waals surface area contributed by atoms with Gasteiger partial charge in [0.05, 0.1) is 25.4 Å². The summed E-state index contributed by atoms with van der Waals surface area (Å²) < 4.78 is 22.0. The summed E-state index contributed by atoms with van der Waals surface area (Å²) in [5.74, 6) is 2.02. The normalized spacial score (nSPS) is 14.2. The summed E-state index contributed by atoms with van der Waals surface area (Å²) in [6, 6.07) is 22.9. The van der Waals surface area contributed by atoms with Crippen molar-refractivity contribution in [2.45, 2.75) is 6.61 Å². The first-order chi connectivity index (χ1) is 15.2. The molecule has 0 unspecified atom stereocenters. The molecule has 5 nitrogen and oxygen atoms in total. The molecule has 0 N–H and O–H groups in total. The van der Waals surface area contributed by atoms with Crippen LogP contribution in [0, 0.1) is 0 Å². The molecule has 0 saturated carbocycles. The lowest BCUT2D eigenvalue weighted by atomic mass is 10.1. The summed E-state index contributed by atoms with van der Waals surface area (Å²) in [7, 11) is 3.15. The molecular weight excluding hydrogens is 392 g/mol. The smallest absolute Gasteiger partial charge is 0.343 e. The van der Waals surface area contributed by atoms with E-state index in [0.717, 1.165) is 16.9 Å². The van der Waals surface area contributed by atoms with Gasteiger partial charge in [0.2, 0.25) is 0 Å². The van der Waals surface area contributed by atoms with Gasteiger partial charge in [0.1, 0.15) is 29.6 Å². The summed E-state index contributed by atoms with van der Waals surface area (Å²) in [6.45, 7) is 0.502. The second kappa shape index (κ2) is 9.22. The van der Waals surface area contributed by atoms with Crippen LogP contribution in [0.25, 0.3) is 11.8 Å². The van der Waals surface area contributed by atoms with Gasteiger partial charge >= 0.3 is 5.97 Å². The standard InChI is InChI=1S/C26H22O5/c1-28-22-12-13-24(29-2)23(16-22)25-15-20(26(27)31-25)14-18-8-10-21(11-9-18)30-17-19-6-4-3-5-7-19/h3-16H,17H2,1-2H3/b20-14-. The third kappa shape index (κ3) is 4.78. The molecule has 0 aromatic heterocycles. The van der Waals surface area contributed by atoms with Crippen LogP contribution in [0.4, 0.5) is 0 Å². The minimum atomic E-state index is -0.413. The number of ether oxygens (including phenoxy) is 4. The zero-order valence-electron chi connectivity index (χ0n) is 17.3. The van der Waals surface area contributed by atoms with Gasteiger partial charge in [0.25, 0.3) is 0 Å². The number of rotatable bonds is 7. The van der Waals surface area contributed by atoms with E-state index in [2.05, 4.69) is 0 Å². The van der Waals surface area contributed by atoms with Gasteiger partial charge in [-0.05, 0) is 53.6 Å². The van der Waals surface area contributed by atoms with Gasteiger partial charge in [-0.3, -0.25) is 0 Å². The van der Waals surface area contributed by atoms with E-state index in [1.54, 1.807) is 44.6 Å². The van der Waals surface area contributed by atoms with E-state index in [0.29, 0.717) is 35.0 Å². The van der Waals surface area contributed by atoms with E-state index in [1.807, 2.05) is 54.6 Å². The Labute approximate surface area is 181 Å². The predicted molar refractivity (Wildman–Crippen MR) is 119 cm³/mol. The lowest BCUT2D eigenvalue weighted by Gasteiger charge is -2.10. The van der Waals surface area contributed by atoms with Crippen LogP contribution in [-0.4, -0.2) is 20.2 Å². The maximum Gasteiger partial charge on any atom is 0.343 e. The van der Waals surface area contributed by atoms with Crippen molar-refractivity contribution in [3.63, 3.8) is 0 Å². The first-order valence-electron chi connectivity index (χ1n) is 9.81. The fourth-order valence-electron chi connectivity index (χ4n) is 3.21. The average molecular weight is 414 g/mol. The number of hydrogen-bond donors (Lipinski definition) is 0. The molecule has 0 bridgehead atoms. The van der Waals surface area contributed by atoms with Crippen molar-refractivity contribution in [2.75, 3.05) is 14.2 Å². The maximum absolute atomic E-state index is 12.4. The van der Waals surface area contributed by atoms with Gasteiger partial charge < -0.3 is 18.9 Å². The third-order valence-corrected chi connectivity index (χ3v) is 4.85. The molecule has 0 spiro atoms. The SMILES string of the molecule is COc1ccc(OC)c(C2=C/C(=C/c3ccc(OCc4ccccc4)cc3)C(=O)O2)c1. The molecule has 31 heavy (non-hydrogen) atoms. The second-order valence-corrected chi connectivity index (χ2v) is 6.91. The molecule has 4 rings (SSSR count). The van der Waals surface area contributed by atoms with Crippen molar-refractivity contribution in [1.29, 1.82) is 0 Å². The molecular formula is C26H22O5. The fraction of sp³-hybridized carbons (Fsp3) is 0.115. The summed E-state index contributed by atoms with van der Waals surface area (Å²) >= 11 is 0.